The highest BCUT2D eigenvalue weighted by Crippen LogP contribution is 2.18. The molecular formula is C19H22N4O. The summed E-state index contributed by atoms with van der Waals surface area (Å²) in [6.07, 6.45) is 8.24. The van der Waals surface area contributed by atoms with Crippen LogP contribution in [0.25, 0.3) is 10.9 Å². The van der Waals surface area contributed by atoms with E-state index in [1.54, 1.807) is 12.4 Å². The molecule has 1 saturated heterocycles. The third-order valence-corrected chi connectivity index (χ3v) is 4.56. The number of aromatic amines is 1. The van der Waals surface area contributed by atoms with E-state index in [1.807, 2.05) is 12.4 Å². The van der Waals surface area contributed by atoms with E-state index in [2.05, 4.69) is 44.1 Å². The van der Waals surface area contributed by atoms with Crippen molar-refractivity contribution in [2.75, 3.05) is 26.3 Å². The van der Waals surface area contributed by atoms with Gasteiger partial charge in [0.05, 0.1) is 18.9 Å². The van der Waals surface area contributed by atoms with E-state index >= 15 is 0 Å². The third kappa shape index (κ3) is 3.63. The molecular weight excluding hydrogens is 300 g/mol. The second-order valence-electron chi connectivity index (χ2n) is 6.48. The molecule has 2 aromatic heterocycles. The highest BCUT2D eigenvalue weighted by molar-refractivity contribution is 5.79. The van der Waals surface area contributed by atoms with Gasteiger partial charge in [0, 0.05) is 55.9 Å². The number of nitrogens with one attached hydrogen (secondary N) is 1. The molecule has 5 heteroatoms. The molecule has 1 N–H and O–H groups in total. The lowest BCUT2D eigenvalue weighted by Gasteiger charge is -2.23. The molecule has 0 amide bonds. The Balaban J connectivity index is 1.43. The zero-order valence-corrected chi connectivity index (χ0v) is 13.7. The van der Waals surface area contributed by atoms with Gasteiger partial charge in [-0.3, -0.25) is 14.9 Å². The molecule has 1 aliphatic heterocycles. The summed E-state index contributed by atoms with van der Waals surface area (Å²) in [5.74, 6) is 0.457. The molecule has 1 atom stereocenters. The monoisotopic (exact) mass is 322 g/mol. The maximum atomic E-state index is 5.81. The summed E-state index contributed by atoms with van der Waals surface area (Å²) in [5, 5.41) is 1.26. The van der Waals surface area contributed by atoms with Crippen molar-refractivity contribution >= 4 is 10.9 Å². The average molecular weight is 322 g/mol. The van der Waals surface area contributed by atoms with Crippen LogP contribution in [0.1, 0.15) is 11.3 Å². The van der Waals surface area contributed by atoms with Crippen LogP contribution >= 0.6 is 0 Å². The number of H-pyrrole nitrogens is 1. The molecule has 1 aliphatic rings. The molecule has 1 unspecified atom stereocenters. The predicted octanol–water partition coefficient (Wildman–Crippen LogP) is 2.65. The molecule has 3 aromatic rings. The predicted molar refractivity (Wildman–Crippen MR) is 93.6 cm³/mol. The summed E-state index contributed by atoms with van der Waals surface area (Å²) < 4.78 is 5.81. The molecule has 124 valence electrons. The number of hydrogen-bond donors (Lipinski definition) is 1. The number of nitrogens with zero attached hydrogens (tertiary/aromatic N) is 3. The third-order valence-electron chi connectivity index (χ3n) is 4.56. The lowest BCUT2D eigenvalue weighted by Crippen LogP contribution is -2.30. The first-order chi connectivity index (χ1) is 11.9. The Bertz CT molecular complexity index is 786. The number of fused-ring (bicyclic) bond motifs is 1. The summed E-state index contributed by atoms with van der Waals surface area (Å²) >= 11 is 0. The van der Waals surface area contributed by atoms with Crippen molar-refractivity contribution in [1.82, 2.24) is 19.9 Å². The van der Waals surface area contributed by atoms with Crippen molar-refractivity contribution in [2.24, 2.45) is 5.92 Å². The van der Waals surface area contributed by atoms with Gasteiger partial charge < -0.3 is 9.72 Å². The highest BCUT2D eigenvalue weighted by atomic mass is 16.5. The van der Waals surface area contributed by atoms with Gasteiger partial charge in [0.1, 0.15) is 0 Å². The summed E-state index contributed by atoms with van der Waals surface area (Å²) in [6, 6.07) is 8.76. The standard InChI is InChI=1S/C19H22N4O/c1-2-17-3-4-22-19(17)10-15(1)12-23-7-8-24-14-16(13-23)9-18-11-20-5-6-21-18/h1-6,10-11,16,22H,7-9,12-14H2. The number of aromatic nitrogens is 3. The fraction of sp³-hybridized carbons (Fsp3) is 0.368. The van der Waals surface area contributed by atoms with E-state index in [4.69, 9.17) is 4.74 Å². The summed E-state index contributed by atoms with van der Waals surface area (Å²) in [7, 11) is 0. The van der Waals surface area contributed by atoms with Crippen LogP contribution in [-0.2, 0) is 17.7 Å². The first kappa shape index (κ1) is 15.3. The average Bonchev–Trinajstić information content (AvgIpc) is 2.96. The van der Waals surface area contributed by atoms with Gasteiger partial charge in [-0.25, -0.2) is 0 Å². The molecule has 1 fully saturated rings. The molecule has 5 nitrogen and oxygen atoms in total. The second kappa shape index (κ2) is 7.11. The summed E-state index contributed by atoms with van der Waals surface area (Å²) in [4.78, 5) is 14.3. The number of benzene rings is 1. The van der Waals surface area contributed by atoms with E-state index < -0.39 is 0 Å². The Morgan fingerprint density at radius 2 is 2.25 bits per heavy atom. The molecule has 1 aromatic carbocycles. The van der Waals surface area contributed by atoms with Gasteiger partial charge in [-0.05, 0) is 29.5 Å². The van der Waals surface area contributed by atoms with E-state index in [9.17, 15) is 0 Å². The van der Waals surface area contributed by atoms with Gasteiger partial charge in [0.2, 0.25) is 0 Å². The fourth-order valence-electron chi connectivity index (χ4n) is 3.40. The largest absolute Gasteiger partial charge is 0.380 e. The van der Waals surface area contributed by atoms with Gasteiger partial charge >= 0.3 is 0 Å². The van der Waals surface area contributed by atoms with Crippen LogP contribution in [0.3, 0.4) is 0 Å². The maximum absolute atomic E-state index is 5.81. The number of ether oxygens (including phenoxy) is 1. The highest BCUT2D eigenvalue weighted by Gasteiger charge is 2.20. The van der Waals surface area contributed by atoms with Gasteiger partial charge in [-0.1, -0.05) is 12.1 Å². The SMILES string of the molecule is c1cnc(CC2COCCN(Cc3ccc4cc[nH]c4c3)C2)cn1. The van der Waals surface area contributed by atoms with E-state index in [0.717, 1.165) is 45.0 Å². The van der Waals surface area contributed by atoms with Crippen molar-refractivity contribution in [3.63, 3.8) is 0 Å². The summed E-state index contributed by atoms with van der Waals surface area (Å²) in [6.45, 7) is 4.54. The van der Waals surface area contributed by atoms with Crippen molar-refractivity contribution in [3.05, 3.63) is 60.3 Å². The Hall–Kier alpha value is -2.24. The van der Waals surface area contributed by atoms with Gasteiger partial charge in [-0.2, -0.15) is 0 Å². The first-order valence-electron chi connectivity index (χ1n) is 8.48. The molecule has 3 heterocycles. The fourth-order valence-corrected chi connectivity index (χ4v) is 3.40. The molecule has 0 radical (unpaired) electrons. The van der Waals surface area contributed by atoms with Crippen molar-refractivity contribution in [2.45, 2.75) is 13.0 Å². The Morgan fingerprint density at radius 3 is 3.17 bits per heavy atom. The van der Waals surface area contributed by atoms with Gasteiger partial charge in [0.25, 0.3) is 0 Å². The zero-order valence-electron chi connectivity index (χ0n) is 13.7. The van der Waals surface area contributed by atoms with E-state index in [0.29, 0.717) is 5.92 Å². The Morgan fingerprint density at radius 1 is 1.25 bits per heavy atom. The number of rotatable bonds is 4. The lowest BCUT2D eigenvalue weighted by molar-refractivity contribution is 0.121. The van der Waals surface area contributed by atoms with Crippen LogP contribution in [0.4, 0.5) is 0 Å². The van der Waals surface area contributed by atoms with Gasteiger partial charge in [0.15, 0.2) is 0 Å². The maximum Gasteiger partial charge on any atom is 0.0593 e. The zero-order chi connectivity index (χ0) is 16.2. The van der Waals surface area contributed by atoms with Crippen LogP contribution in [-0.4, -0.2) is 46.2 Å². The van der Waals surface area contributed by atoms with Crippen molar-refractivity contribution in [1.29, 1.82) is 0 Å². The van der Waals surface area contributed by atoms with E-state index in [-0.39, 0.29) is 0 Å². The minimum atomic E-state index is 0.457. The van der Waals surface area contributed by atoms with E-state index in [1.165, 1.54) is 16.5 Å². The van der Waals surface area contributed by atoms with Gasteiger partial charge in [-0.15, -0.1) is 0 Å². The smallest absolute Gasteiger partial charge is 0.0593 e. The quantitative estimate of drug-likeness (QED) is 0.802. The Labute approximate surface area is 141 Å². The molecule has 0 bridgehead atoms. The normalized spacial score (nSPS) is 19.4. The molecule has 0 saturated carbocycles. The minimum Gasteiger partial charge on any atom is -0.380 e. The van der Waals surface area contributed by atoms with Crippen molar-refractivity contribution in [3.8, 4) is 0 Å². The molecule has 0 spiro atoms. The Kier molecular flexibility index (Phi) is 4.53. The van der Waals surface area contributed by atoms with Crippen molar-refractivity contribution < 1.29 is 4.74 Å². The lowest BCUT2D eigenvalue weighted by atomic mass is 10.0. The topological polar surface area (TPSA) is 54.0 Å². The molecule has 4 rings (SSSR count). The molecule has 24 heavy (non-hydrogen) atoms. The number of hydrogen-bond acceptors (Lipinski definition) is 4. The van der Waals surface area contributed by atoms with Crippen LogP contribution in [0.15, 0.2) is 49.1 Å². The van der Waals surface area contributed by atoms with Crippen LogP contribution in [0.2, 0.25) is 0 Å². The van der Waals surface area contributed by atoms with Crippen LogP contribution in [0.5, 0.6) is 0 Å². The van der Waals surface area contributed by atoms with Crippen LogP contribution < -0.4 is 0 Å². The minimum absolute atomic E-state index is 0.457. The second-order valence-corrected chi connectivity index (χ2v) is 6.48. The first-order valence-corrected chi connectivity index (χ1v) is 8.48. The summed E-state index contributed by atoms with van der Waals surface area (Å²) in [5.41, 5.74) is 3.58. The van der Waals surface area contributed by atoms with Crippen LogP contribution in [0, 0.1) is 5.92 Å². The molecule has 0 aliphatic carbocycles.